The number of amides is 1. The fourth-order valence-electron chi connectivity index (χ4n) is 5.56. The molecule has 0 radical (unpaired) electrons. The first-order valence-electron chi connectivity index (χ1n) is 18.6. The van der Waals surface area contributed by atoms with E-state index in [9.17, 15) is 28.3 Å². The molecule has 0 aliphatic heterocycles. The molecule has 1 rings (SSSR count). The molecule has 1 aromatic carbocycles. The van der Waals surface area contributed by atoms with Crippen LogP contribution >= 0.6 is 0 Å². The fourth-order valence-corrected chi connectivity index (χ4v) is 5.56. The molecule has 0 aromatic heterocycles. The number of nitrogens with one attached hydrogen (secondary N) is 1. The summed E-state index contributed by atoms with van der Waals surface area (Å²) >= 11 is 0. The van der Waals surface area contributed by atoms with Crippen molar-refractivity contribution in [1.29, 1.82) is 0 Å². The number of alkyl halides is 2. The van der Waals surface area contributed by atoms with Crippen molar-refractivity contribution in [3.8, 4) is 17.6 Å². The van der Waals surface area contributed by atoms with Gasteiger partial charge in [-0.15, -0.1) is 5.92 Å². The number of unbranched alkanes of at least 4 members (excludes halogenated alkanes) is 8. The van der Waals surface area contributed by atoms with Gasteiger partial charge in [0.25, 0.3) is 0 Å². The van der Waals surface area contributed by atoms with Gasteiger partial charge in [0.1, 0.15) is 24.0 Å². The van der Waals surface area contributed by atoms with Crippen LogP contribution in [-0.4, -0.2) is 73.6 Å². The number of hydrogen-bond acceptors (Lipinski definition) is 8. The van der Waals surface area contributed by atoms with E-state index in [1.54, 1.807) is 58.0 Å². The summed E-state index contributed by atoms with van der Waals surface area (Å²) in [5, 5.41) is 14.6. The molecule has 0 aliphatic carbocycles. The first-order chi connectivity index (χ1) is 24.6. The topological polar surface area (TPSA) is 120 Å². The first kappa shape index (κ1) is 46.5. The van der Waals surface area contributed by atoms with Gasteiger partial charge < -0.3 is 29.4 Å². The Balaban J connectivity index is 3.10. The Kier molecular flexibility index (Phi) is 22.1. The maximum atomic E-state index is 14.3. The number of carbonyl (C=O) groups is 3. The highest BCUT2D eigenvalue weighted by Crippen LogP contribution is 2.30. The minimum absolute atomic E-state index is 0.0601. The molecule has 9 nitrogen and oxygen atoms in total. The molecule has 0 spiro atoms. The summed E-state index contributed by atoms with van der Waals surface area (Å²) < 4.78 is 49.9. The van der Waals surface area contributed by atoms with Crippen molar-refractivity contribution in [3.63, 3.8) is 0 Å². The van der Waals surface area contributed by atoms with E-state index in [-0.39, 0.29) is 38.9 Å². The van der Waals surface area contributed by atoms with Gasteiger partial charge >= 0.3 is 11.9 Å². The number of halogens is 2. The van der Waals surface area contributed by atoms with Gasteiger partial charge in [-0.1, -0.05) is 75.7 Å². The predicted molar refractivity (Wildman–Crippen MR) is 199 cm³/mol. The van der Waals surface area contributed by atoms with Gasteiger partial charge in [0.15, 0.2) is 5.60 Å². The highest BCUT2D eigenvalue weighted by atomic mass is 19.3. The summed E-state index contributed by atoms with van der Waals surface area (Å²) in [6, 6.07) is 5.80. The molecular formula is C41H63F2NO8. The van der Waals surface area contributed by atoms with Crippen molar-refractivity contribution in [1.82, 2.24) is 5.32 Å². The molecule has 11 heteroatoms. The smallest absolute Gasteiger partial charge is 0.339 e. The number of benzene rings is 1. The van der Waals surface area contributed by atoms with Crippen LogP contribution in [0.15, 0.2) is 36.4 Å². The Morgan fingerprint density at radius 1 is 0.923 bits per heavy atom. The number of aliphatic hydroxyl groups is 1. The van der Waals surface area contributed by atoms with E-state index in [0.29, 0.717) is 49.8 Å². The third kappa shape index (κ3) is 18.8. The molecule has 0 bridgehead atoms. The second-order valence-corrected chi connectivity index (χ2v) is 14.2. The van der Waals surface area contributed by atoms with Crippen molar-refractivity contribution in [3.05, 3.63) is 42.0 Å². The number of esters is 2. The van der Waals surface area contributed by atoms with Gasteiger partial charge in [-0.05, 0) is 71.1 Å². The van der Waals surface area contributed by atoms with Crippen LogP contribution in [0.2, 0.25) is 0 Å². The normalized spacial score (nSPS) is 14.1. The van der Waals surface area contributed by atoms with Gasteiger partial charge in [0.2, 0.25) is 11.8 Å². The molecular weight excluding hydrogens is 672 g/mol. The Morgan fingerprint density at radius 2 is 1.54 bits per heavy atom. The Hall–Kier alpha value is -3.49. The minimum atomic E-state index is -2.65. The largest absolute Gasteiger partial charge is 0.481 e. The average molecular weight is 736 g/mol. The van der Waals surface area contributed by atoms with Crippen LogP contribution < -0.4 is 10.1 Å². The zero-order chi connectivity index (χ0) is 39.0. The lowest BCUT2D eigenvalue weighted by molar-refractivity contribution is -0.185. The molecule has 0 saturated heterocycles. The van der Waals surface area contributed by atoms with E-state index >= 15 is 0 Å². The number of rotatable bonds is 26. The monoisotopic (exact) mass is 735 g/mol. The molecule has 52 heavy (non-hydrogen) atoms. The molecule has 0 heterocycles. The maximum Gasteiger partial charge on any atom is 0.339 e. The van der Waals surface area contributed by atoms with E-state index < -0.39 is 46.9 Å². The lowest BCUT2D eigenvalue weighted by Gasteiger charge is -2.35. The zero-order valence-electron chi connectivity index (χ0n) is 32.5. The summed E-state index contributed by atoms with van der Waals surface area (Å²) in [5.74, 6) is -0.465. The van der Waals surface area contributed by atoms with Crippen LogP contribution in [0.4, 0.5) is 8.78 Å². The maximum absolute atomic E-state index is 14.3. The van der Waals surface area contributed by atoms with Crippen molar-refractivity contribution in [2.24, 2.45) is 5.92 Å². The van der Waals surface area contributed by atoms with Crippen LogP contribution in [0.5, 0.6) is 5.75 Å². The standard InChI is InChI=1S/C41H63F2NO8/c1-8-10-12-16-19-26-40(42,43)27-20-17-14-13-15-18-21-34(41(48,28-30-49-6)38(47)52-39(3,4)5)36(45)44-35(37(46)50-7)31-32-22-24-33(25-23-32)51-29-11-9-2/h18,21-25,34-35,48H,8,10,12-17,19-20,26-31H2,1-7H3,(H,44,45)/t34-,35?,41+/m1/s1. The number of methoxy groups -OCH3 is 2. The van der Waals surface area contributed by atoms with Crippen LogP contribution in [0.3, 0.4) is 0 Å². The summed E-state index contributed by atoms with van der Waals surface area (Å²) in [5.41, 5.74) is -2.61. The van der Waals surface area contributed by atoms with Crippen LogP contribution in [0.1, 0.15) is 124 Å². The molecule has 0 aliphatic rings. The van der Waals surface area contributed by atoms with Crippen LogP contribution in [0.25, 0.3) is 0 Å². The molecule has 294 valence electrons. The Morgan fingerprint density at radius 3 is 2.10 bits per heavy atom. The summed E-state index contributed by atoms with van der Waals surface area (Å²) in [4.78, 5) is 40.4. The van der Waals surface area contributed by atoms with E-state index in [1.165, 1.54) is 20.3 Å². The van der Waals surface area contributed by atoms with Crippen LogP contribution in [0, 0.1) is 17.8 Å². The third-order valence-corrected chi connectivity index (χ3v) is 8.53. The lowest BCUT2D eigenvalue weighted by Crippen LogP contribution is -2.56. The van der Waals surface area contributed by atoms with E-state index in [1.807, 2.05) is 0 Å². The number of allylic oxidation sites excluding steroid dienone is 1. The van der Waals surface area contributed by atoms with Gasteiger partial charge in [0, 0.05) is 39.4 Å². The zero-order valence-corrected chi connectivity index (χ0v) is 32.5. The first-order valence-corrected chi connectivity index (χ1v) is 18.6. The van der Waals surface area contributed by atoms with Crippen molar-refractivity contribution in [2.45, 2.75) is 148 Å². The molecule has 0 fully saturated rings. The molecule has 0 saturated carbocycles. The Labute approximate surface area is 310 Å². The van der Waals surface area contributed by atoms with Gasteiger partial charge in [-0.3, -0.25) is 4.79 Å². The Bertz CT molecular complexity index is 1280. The lowest BCUT2D eigenvalue weighted by atomic mass is 9.82. The van der Waals surface area contributed by atoms with E-state index in [2.05, 4.69) is 24.1 Å². The number of carbonyl (C=O) groups excluding carboxylic acids is 3. The van der Waals surface area contributed by atoms with Gasteiger partial charge in [-0.25, -0.2) is 18.4 Å². The van der Waals surface area contributed by atoms with Gasteiger partial charge in [0.05, 0.1) is 13.0 Å². The minimum Gasteiger partial charge on any atom is -0.481 e. The predicted octanol–water partition coefficient (Wildman–Crippen LogP) is 7.91. The molecule has 1 aromatic rings. The van der Waals surface area contributed by atoms with Crippen molar-refractivity contribution in [2.75, 3.05) is 27.4 Å². The summed E-state index contributed by atoms with van der Waals surface area (Å²) in [7, 11) is 2.61. The van der Waals surface area contributed by atoms with Gasteiger partial charge in [-0.2, -0.15) is 0 Å². The van der Waals surface area contributed by atoms with Crippen molar-refractivity contribution >= 4 is 17.8 Å². The second-order valence-electron chi connectivity index (χ2n) is 14.2. The highest BCUT2D eigenvalue weighted by Gasteiger charge is 2.49. The quantitative estimate of drug-likeness (QED) is 0.0427. The molecule has 2 N–H and O–H groups in total. The fraction of sp³-hybridized carbons (Fsp3) is 0.683. The van der Waals surface area contributed by atoms with Crippen LogP contribution in [-0.2, 0) is 35.0 Å². The average Bonchev–Trinajstić information content (AvgIpc) is 3.09. The highest BCUT2D eigenvalue weighted by molar-refractivity contribution is 5.93. The molecule has 3 atom stereocenters. The SMILES string of the molecule is CC#CCOc1ccc(CC(NC(=O)[C@@H](C=CCCCCCCC(F)(F)CCCCCCC)[C@@](O)(CCOC)C(=O)OC(C)(C)C)C(=O)OC)cc1. The van der Waals surface area contributed by atoms with E-state index in [0.717, 1.165) is 25.7 Å². The second kappa shape index (κ2) is 24.7. The third-order valence-electron chi connectivity index (χ3n) is 8.53. The summed E-state index contributed by atoms with van der Waals surface area (Å²) in [6.07, 6.45) is 10.2. The van der Waals surface area contributed by atoms with E-state index in [4.69, 9.17) is 18.9 Å². The molecule has 1 unspecified atom stereocenters. The molecule has 1 amide bonds. The number of ether oxygens (including phenoxy) is 4. The number of hydrogen-bond donors (Lipinski definition) is 2. The van der Waals surface area contributed by atoms with Crippen molar-refractivity contribution < 1.29 is 47.2 Å². The summed E-state index contributed by atoms with van der Waals surface area (Å²) in [6.45, 7) is 8.93.